The SMILES string of the molecule is N#C/C(=C/c1c(OCc2ccc(F)cc2)ccc2ccccc12)c1ccc(C(=O)O)cc1. The van der Waals surface area contributed by atoms with Crippen LogP contribution in [0.4, 0.5) is 4.39 Å². The summed E-state index contributed by atoms with van der Waals surface area (Å²) in [6.45, 7) is 0.245. The van der Waals surface area contributed by atoms with Gasteiger partial charge in [0.1, 0.15) is 18.2 Å². The quantitative estimate of drug-likeness (QED) is 0.291. The molecule has 0 bridgehead atoms. The van der Waals surface area contributed by atoms with Gasteiger partial charge in [0.05, 0.1) is 17.2 Å². The Morgan fingerprint density at radius 2 is 1.62 bits per heavy atom. The number of nitriles is 1. The number of hydrogen-bond acceptors (Lipinski definition) is 3. The van der Waals surface area contributed by atoms with Crippen LogP contribution in [0.5, 0.6) is 5.75 Å². The molecule has 0 aliphatic carbocycles. The van der Waals surface area contributed by atoms with Gasteiger partial charge in [0.25, 0.3) is 0 Å². The van der Waals surface area contributed by atoms with Crippen LogP contribution in [-0.2, 0) is 6.61 Å². The summed E-state index contributed by atoms with van der Waals surface area (Å²) in [4.78, 5) is 11.1. The van der Waals surface area contributed by atoms with E-state index in [9.17, 15) is 14.4 Å². The summed E-state index contributed by atoms with van der Waals surface area (Å²) in [6, 6.07) is 26.0. The molecule has 0 amide bonds. The fourth-order valence-corrected chi connectivity index (χ4v) is 3.41. The summed E-state index contributed by atoms with van der Waals surface area (Å²) in [7, 11) is 0. The van der Waals surface area contributed by atoms with Crippen molar-refractivity contribution < 1.29 is 19.0 Å². The number of fused-ring (bicyclic) bond motifs is 1. The highest BCUT2D eigenvalue weighted by molar-refractivity contribution is 6.00. The predicted molar refractivity (Wildman–Crippen MR) is 122 cm³/mol. The number of carboxylic acid groups (broad SMARTS) is 1. The molecule has 4 rings (SSSR count). The molecule has 0 spiro atoms. The summed E-state index contributed by atoms with van der Waals surface area (Å²) >= 11 is 0. The first-order valence-electron chi connectivity index (χ1n) is 9.89. The van der Waals surface area contributed by atoms with Gasteiger partial charge in [-0.15, -0.1) is 0 Å². The second-order valence-electron chi connectivity index (χ2n) is 7.17. The molecule has 0 aromatic heterocycles. The Kier molecular flexibility index (Phi) is 5.96. The van der Waals surface area contributed by atoms with Crippen LogP contribution >= 0.6 is 0 Å². The topological polar surface area (TPSA) is 70.3 Å². The summed E-state index contributed by atoms with van der Waals surface area (Å²) < 4.78 is 19.2. The van der Waals surface area contributed by atoms with E-state index in [1.165, 1.54) is 24.3 Å². The fourth-order valence-electron chi connectivity index (χ4n) is 3.41. The molecule has 0 unspecified atom stereocenters. The molecule has 1 N–H and O–H groups in total. The summed E-state index contributed by atoms with van der Waals surface area (Å²) in [5, 5.41) is 20.8. The number of ether oxygens (including phenoxy) is 1. The average Bonchev–Trinajstić information content (AvgIpc) is 2.82. The lowest BCUT2D eigenvalue weighted by Crippen LogP contribution is -1.98. The van der Waals surface area contributed by atoms with Crippen LogP contribution in [0.2, 0.25) is 0 Å². The monoisotopic (exact) mass is 423 g/mol. The minimum Gasteiger partial charge on any atom is -0.488 e. The first-order valence-corrected chi connectivity index (χ1v) is 9.89. The van der Waals surface area contributed by atoms with E-state index >= 15 is 0 Å². The maximum absolute atomic E-state index is 13.2. The van der Waals surface area contributed by atoms with E-state index in [1.807, 2.05) is 36.4 Å². The number of benzene rings is 4. The maximum atomic E-state index is 13.2. The highest BCUT2D eigenvalue weighted by Crippen LogP contribution is 2.32. The number of rotatable bonds is 6. The van der Waals surface area contributed by atoms with Crippen molar-refractivity contribution in [3.05, 3.63) is 113 Å². The van der Waals surface area contributed by atoms with E-state index in [4.69, 9.17) is 9.84 Å². The lowest BCUT2D eigenvalue weighted by atomic mass is 9.98. The standard InChI is InChI=1S/C27H18FNO3/c28-23-12-5-18(6-13-23)17-32-26-14-11-20-3-1-2-4-24(20)25(26)15-22(16-29)19-7-9-21(10-8-19)27(30)31/h1-15H,17H2,(H,30,31)/b22-15-. The largest absolute Gasteiger partial charge is 0.488 e. The van der Waals surface area contributed by atoms with Crippen molar-refractivity contribution in [1.29, 1.82) is 5.26 Å². The van der Waals surface area contributed by atoms with Crippen molar-refractivity contribution in [1.82, 2.24) is 0 Å². The van der Waals surface area contributed by atoms with Crippen molar-refractivity contribution >= 4 is 28.4 Å². The molecule has 0 atom stereocenters. The molecule has 0 saturated carbocycles. The number of aromatic carboxylic acids is 1. The van der Waals surface area contributed by atoms with E-state index < -0.39 is 5.97 Å². The van der Waals surface area contributed by atoms with Gasteiger partial charge in [-0.1, -0.05) is 54.6 Å². The van der Waals surface area contributed by atoms with Crippen molar-refractivity contribution in [3.63, 3.8) is 0 Å². The van der Waals surface area contributed by atoms with Crippen LogP contribution in [0.1, 0.15) is 27.0 Å². The van der Waals surface area contributed by atoms with E-state index in [2.05, 4.69) is 6.07 Å². The second kappa shape index (κ2) is 9.15. The van der Waals surface area contributed by atoms with Gasteiger partial charge in [0.2, 0.25) is 0 Å². The first-order chi connectivity index (χ1) is 15.5. The number of halogens is 1. The molecule has 4 aromatic carbocycles. The fraction of sp³-hybridized carbons (Fsp3) is 0.0370. The van der Waals surface area contributed by atoms with Crippen LogP contribution in [0.25, 0.3) is 22.4 Å². The Morgan fingerprint density at radius 3 is 2.31 bits per heavy atom. The molecule has 156 valence electrons. The highest BCUT2D eigenvalue weighted by atomic mass is 19.1. The summed E-state index contributed by atoms with van der Waals surface area (Å²) in [6.07, 6.45) is 1.75. The smallest absolute Gasteiger partial charge is 0.335 e. The highest BCUT2D eigenvalue weighted by Gasteiger charge is 2.11. The van der Waals surface area contributed by atoms with Gasteiger partial charge in [-0.2, -0.15) is 5.26 Å². The predicted octanol–water partition coefficient (Wildman–Crippen LogP) is 6.32. The van der Waals surface area contributed by atoms with Crippen molar-refractivity contribution in [2.45, 2.75) is 6.61 Å². The van der Waals surface area contributed by atoms with Gasteiger partial charge < -0.3 is 9.84 Å². The second-order valence-corrected chi connectivity index (χ2v) is 7.17. The lowest BCUT2D eigenvalue weighted by molar-refractivity contribution is 0.0697. The third-order valence-electron chi connectivity index (χ3n) is 5.09. The third-order valence-corrected chi connectivity index (χ3v) is 5.09. The van der Waals surface area contributed by atoms with E-state index in [0.717, 1.165) is 21.9 Å². The minimum absolute atomic E-state index is 0.152. The van der Waals surface area contributed by atoms with Crippen LogP contribution < -0.4 is 4.74 Å². The Labute approximate surface area is 184 Å². The maximum Gasteiger partial charge on any atom is 0.335 e. The molecular formula is C27H18FNO3. The van der Waals surface area contributed by atoms with Crippen molar-refractivity contribution in [3.8, 4) is 11.8 Å². The van der Waals surface area contributed by atoms with E-state index in [0.29, 0.717) is 16.9 Å². The Bertz CT molecular complexity index is 1350. The Morgan fingerprint density at radius 1 is 0.938 bits per heavy atom. The van der Waals surface area contributed by atoms with Crippen molar-refractivity contribution in [2.75, 3.05) is 0 Å². The molecule has 0 radical (unpaired) electrons. The number of hydrogen-bond donors (Lipinski definition) is 1. The molecule has 5 heteroatoms. The molecular weight excluding hydrogens is 405 g/mol. The first kappa shape index (κ1) is 20.8. The van der Waals surface area contributed by atoms with Crippen LogP contribution in [-0.4, -0.2) is 11.1 Å². The number of carboxylic acids is 1. The van der Waals surface area contributed by atoms with Crippen LogP contribution in [0, 0.1) is 17.1 Å². The van der Waals surface area contributed by atoms with Crippen LogP contribution in [0.15, 0.2) is 84.9 Å². The van der Waals surface area contributed by atoms with Crippen LogP contribution in [0.3, 0.4) is 0 Å². The lowest BCUT2D eigenvalue weighted by Gasteiger charge is -2.13. The van der Waals surface area contributed by atoms with E-state index in [1.54, 1.807) is 30.3 Å². The molecule has 32 heavy (non-hydrogen) atoms. The number of nitrogens with zero attached hydrogens (tertiary/aromatic N) is 1. The van der Waals surface area contributed by atoms with E-state index in [-0.39, 0.29) is 18.0 Å². The molecule has 4 aromatic rings. The van der Waals surface area contributed by atoms with Gasteiger partial charge in [-0.05, 0) is 58.3 Å². The minimum atomic E-state index is -1.02. The number of carbonyl (C=O) groups is 1. The van der Waals surface area contributed by atoms with Gasteiger partial charge in [0.15, 0.2) is 0 Å². The van der Waals surface area contributed by atoms with Gasteiger partial charge in [-0.25, -0.2) is 9.18 Å². The van der Waals surface area contributed by atoms with Gasteiger partial charge in [-0.3, -0.25) is 0 Å². The zero-order valence-electron chi connectivity index (χ0n) is 17.0. The van der Waals surface area contributed by atoms with Gasteiger partial charge in [0, 0.05) is 5.56 Å². The summed E-state index contributed by atoms with van der Waals surface area (Å²) in [5.41, 5.74) is 2.70. The zero-order valence-corrected chi connectivity index (χ0v) is 17.0. The number of allylic oxidation sites excluding steroid dienone is 1. The van der Waals surface area contributed by atoms with Gasteiger partial charge >= 0.3 is 5.97 Å². The normalized spacial score (nSPS) is 11.2. The molecule has 4 nitrogen and oxygen atoms in total. The Hall–Kier alpha value is -4.43. The van der Waals surface area contributed by atoms with Crippen molar-refractivity contribution in [2.24, 2.45) is 0 Å². The third kappa shape index (κ3) is 4.50. The Balaban J connectivity index is 1.76. The molecule has 0 saturated heterocycles. The zero-order chi connectivity index (χ0) is 22.5. The summed E-state index contributed by atoms with van der Waals surface area (Å²) in [5.74, 6) is -0.747. The molecule has 0 heterocycles. The molecule has 0 aliphatic heterocycles. The molecule has 0 fully saturated rings. The molecule has 0 aliphatic rings. The average molecular weight is 423 g/mol.